The molecule has 0 fully saturated rings. The highest BCUT2D eigenvalue weighted by Gasteiger charge is 2.37. The molecule has 0 aromatic rings. The third-order valence-electron chi connectivity index (χ3n) is 2.08. The van der Waals surface area contributed by atoms with Crippen LogP contribution in [0.5, 0.6) is 0 Å². The zero-order valence-electron chi connectivity index (χ0n) is 7.73. The van der Waals surface area contributed by atoms with E-state index in [0.29, 0.717) is 4.90 Å². The molecular weight excluding hydrogens is 200 g/mol. The van der Waals surface area contributed by atoms with Crippen LogP contribution in [0, 0.1) is 0 Å². The largest absolute Gasteiger partial charge is 0.287 e. The summed E-state index contributed by atoms with van der Waals surface area (Å²) in [5.74, 6) is -2.53. The topological polar surface area (TPSA) is 83.6 Å². The zero-order valence-corrected chi connectivity index (χ0v) is 7.73. The molecule has 2 rings (SSSR count). The Labute approximate surface area is 84.2 Å². The molecule has 0 aromatic carbocycles. The first-order valence-electron chi connectivity index (χ1n) is 4.14. The molecule has 76 valence electrons. The van der Waals surface area contributed by atoms with Crippen LogP contribution in [0.15, 0.2) is 23.4 Å². The Kier molecular flexibility index (Phi) is 1.79. The normalized spacial score (nSPS) is 20.7. The monoisotopic (exact) mass is 206 g/mol. The molecule has 6 heteroatoms. The van der Waals surface area contributed by atoms with Gasteiger partial charge in [-0.05, 0) is 6.92 Å². The van der Waals surface area contributed by atoms with Crippen molar-refractivity contribution in [2.75, 3.05) is 0 Å². The highest BCUT2D eigenvalue weighted by atomic mass is 16.2. The number of nitrogens with zero attached hydrogens (tertiary/aromatic N) is 1. The number of imide groups is 2. The first kappa shape index (κ1) is 9.32. The minimum atomic E-state index is -0.732. The van der Waals surface area contributed by atoms with Gasteiger partial charge in [0.05, 0.1) is 0 Å². The number of rotatable bonds is 1. The number of carbonyl (C=O) groups is 4. The van der Waals surface area contributed by atoms with Crippen molar-refractivity contribution in [1.82, 2.24) is 10.2 Å². The lowest BCUT2D eigenvalue weighted by molar-refractivity contribution is -0.138. The van der Waals surface area contributed by atoms with Crippen molar-refractivity contribution in [1.29, 1.82) is 0 Å². The van der Waals surface area contributed by atoms with E-state index in [1.54, 1.807) is 0 Å². The Morgan fingerprint density at radius 3 is 2.20 bits per heavy atom. The second-order valence-electron chi connectivity index (χ2n) is 3.15. The lowest BCUT2D eigenvalue weighted by atomic mass is 10.3. The highest BCUT2D eigenvalue weighted by molar-refractivity contribution is 6.25. The molecule has 0 unspecified atom stereocenters. The number of carbonyl (C=O) groups excluding carboxylic acids is 4. The van der Waals surface area contributed by atoms with Crippen molar-refractivity contribution < 1.29 is 19.2 Å². The smallest absolute Gasteiger partial charge is 0.275 e. The van der Waals surface area contributed by atoms with Crippen molar-refractivity contribution in [3.63, 3.8) is 0 Å². The van der Waals surface area contributed by atoms with E-state index in [1.165, 1.54) is 6.92 Å². The van der Waals surface area contributed by atoms with Gasteiger partial charge in [0.2, 0.25) is 0 Å². The molecule has 15 heavy (non-hydrogen) atoms. The zero-order chi connectivity index (χ0) is 11.2. The average Bonchev–Trinajstić information content (AvgIpc) is 2.56. The van der Waals surface area contributed by atoms with E-state index >= 15 is 0 Å². The second kappa shape index (κ2) is 2.88. The van der Waals surface area contributed by atoms with Crippen molar-refractivity contribution >= 4 is 23.6 Å². The maximum absolute atomic E-state index is 11.5. The van der Waals surface area contributed by atoms with E-state index in [1.807, 2.05) is 5.32 Å². The van der Waals surface area contributed by atoms with Crippen LogP contribution in [0.25, 0.3) is 0 Å². The van der Waals surface area contributed by atoms with Crippen molar-refractivity contribution in [2.45, 2.75) is 6.92 Å². The van der Waals surface area contributed by atoms with Gasteiger partial charge in [-0.25, -0.2) is 4.90 Å². The van der Waals surface area contributed by atoms with Gasteiger partial charge in [0.1, 0.15) is 5.70 Å². The minimum absolute atomic E-state index is 0.219. The molecule has 1 N–H and O–H groups in total. The molecule has 2 heterocycles. The van der Waals surface area contributed by atoms with Crippen LogP contribution in [-0.2, 0) is 19.2 Å². The molecule has 0 spiro atoms. The molecule has 4 amide bonds. The van der Waals surface area contributed by atoms with Gasteiger partial charge in [0, 0.05) is 17.7 Å². The lowest BCUT2D eigenvalue weighted by Gasteiger charge is -2.12. The predicted octanol–water partition coefficient (Wildman–Crippen LogP) is -1.16. The van der Waals surface area contributed by atoms with Crippen LogP contribution < -0.4 is 5.32 Å². The molecule has 2 aliphatic heterocycles. The van der Waals surface area contributed by atoms with Gasteiger partial charge in [-0.2, -0.15) is 0 Å². The van der Waals surface area contributed by atoms with E-state index in [-0.39, 0.29) is 11.3 Å². The number of hydrogen-bond donors (Lipinski definition) is 1. The number of hydrogen-bond acceptors (Lipinski definition) is 4. The van der Waals surface area contributed by atoms with E-state index in [2.05, 4.69) is 0 Å². The summed E-state index contributed by atoms with van der Waals surface area (Å²) in [6.07, 6.45) is 2.06. The first-order valence-corrected chi connectivity index (χ1v) is 4.14. The average molecular weight is 206 g/mol. The van der Waals surface area contributed by atoms with E-state index < -0.39 is 23.6 Å². The van der Waals surface area contributed by atoms with Gasteiger partial charge in [0.15, 0.2) is 0 Å². The Morgan fingerprint density at radius 2 is 1.80 bits per heavy atom. The maximum atomic E-state index is 11.5. The lowest BCUT2D eigenvalue weighted by Crippen LogP contribution is -2.35. The van der Waals surface area contributed by atoms with Crippen molar-refractivity contribution in [3.8, 4) is 0 Å². The van der Waals surface area contributed by atoms with Gasteiger partial charge in [0.25, 0.3) is 23.6 Å². The fraction of sp³-hybridized carbons (Fsp3) is 0.111. The van der Waals surface area contributed by atoms with Gasteiger partial charge in [-0.3, -0.25) is 24.5 Å². The van der Waals surface area contributed by atoms with Gasteiger partial charge < -0.3 is 0 Å². The van der Waals surface area contributed by atoms with Gasteiger partial charge >= 0.3 is 0 Å². The number of nitrogens with one attached hydrogen (secondary N) is 1. The quantitative estimate of drug-likeness (QED) is 0.548. The Hall–Kier alpha value is -2.24. The fourth-order valence-electron chi connectivity index (χ4n) is 1.38. The Balaban J connectivity index is 2.39. The molecule has 0 aliphatic carbocycles. The van der Waals surface area contributed by atoms with Gasteiger partial charge in [-0.15, -0.1) is 0 Å². The molecule has 0 saturated heterocycles. The molecule has 0 atom stereocenters. The summed E-state index contributed by atoms with van der Waals surface area (Å²) in [6, 6.07) is 0. The predicted molar refractivity (Wildman–Crippen MR) is 46.8 cm³/mol. The van der Waals surface area contributed by atoms with Crippen LogP contribution >= 0.6 is 0 Å². The fourth-order valence-corrected chi connectivity index (χ4v) is 1.38. The van der Waals surface area contributed by atoms with Crippen molar-refractivity contribution in [3.05, 3.63) is 23.4 Å². The second-order valence-corrected chi connectivity index (χ2v) is 3.15. The molecular formula is C9H6N2O4. The maximum Gasteiger partial charge on any atom is 0.275 e. The minimum Gasteiger partial charge on any atom is -0.287 e. The summed E-state index contributed by atoms with van der Waals surface area (Å²) in [7, 11) is 0. The van der Waals surface area contributed by atoms with Crippen LogP contribution in [0.4, 0.5) is 0 Å². The molecule has 2 aliphatic rings. The highest BCUT2D eigenvalue weighted by Crippen LogP contribution is 2.19. The Morgan fingerprint density at radius 1 is 1.13 bits per heavy atom. The summed E-state index contributed by atoms with van der Waals surface area (Å²) in [5.41, 5.74) is 0.0242. The van der Waals surface area contributed by atoms with Crippen LogP contribution in [0.2, 0.25) is 0 Å². The van der Waals surface area contributed by atoms with Crippen LogP contribution in [0.3, 0.4) is 0 Å². The summed E-state index contributed by atoms with van der Waals surface area (Å²) in [4.78, 5) is 45.5. The molecule has 0 aromatic heterocycles. The molecule has 0 bridgehead atoms. The first-order chi connectivity index (χ1) is 7.00. The van der Waals surface area contributed by atoms with Crippen LogP contribution in [0.1, 0.15) is 6.92 Å². The summed E-state index contributed by atoms with van der Waals surface area (Å²) in [6.45, 7) is 1.47. The Bertz CT molecular complexity index is 473. The molecule has 0 radical (unpaired) electrons. The van der Waals surface area contributed by atoms with Gasteiger partial charge in [-0.1, -0.05) is 0 Å². The summed E-state index contributed by atoms with van der Waals surface area (Å²) >= 11 is 0. The summed E-state index contributed by atoms with van der Waals surface area (Å²) in [5, 5.41) is 1.96. The third-order valence-corrected chi connectivity index (χ3v) is 2.08. The summed E-state index contributed by atoms with van der Waals surface area (Å²) < 4.78 is 0. The SMILES string of the molecule is CC1=CC(=O)N(C2=CC(=O)NC2=O)C1=O. The van der Waals surface area contributed by atoms with Crippen LogP contribution in [-0.4, -0.2) is 28.5 Å². The van der Waals surface area contributed by atoms with E-state index in [9.17, 15) is 19.2 Å². The van der Waals surface area contributed by atoms with E-state index in [4.69, 9.17) is 0 Å². The number of amides is 4. The van der Waals surface area contributed by atoms with E-state index in [0.717, 1.165) is 12.2 Å². The standard InChI is InChI=1S/C9H6N2O4/c1-4-2-7(13)11(9(4)15)5-3-6(12)10-8(5)14/h2-3H,1H3,(H,10,12,14). The molecule has 6 nitrogen and oxygen atoms in total. The molecule has 0 saturated carbocycles. The third kappa shape index (κ3) is 1.26. The van der Waals surface area contributed by atoms with Crippen molar-refractivity contribution in [2.24, 2.45) is 0 Å².